The summed E-state index contributed by atoms with van der Waals surface area (Å²) in [5.74, 6) is -0.677. The van der Waals surface area contributed by atoms with Gasteiger partial charge in [0.05, 0.1) is 0 Å². The van der Waals surface area contributed by atoms with E-state index in [1.807, 2.05) is 0 Å². The zero-order valence-corrected chi connectivity index (χ0v) is 11.1. The van der Waals surface area contributed by atoms with Gasteiger partial charge >= 0.3 is 0 Å². The molecule has 7 heteroatoms. The minimum absolute atomic E-state index is 0.0963. The molecular weight excluding hydrogens is 276 g/mol. The molecule has 0 aromatic heterocycles. The van der Waals surface area contributed by atoms with Gasteiger partial charge in [0.15, 0.2) is 0 Å². The molecule has 1 aliphatic heterocycles. The van der Waals surface area contributed by atoms with Crippen molar-refractivity contribution in [1.29, 1.82) is 0 Å². The summed E-state index contributed by atoms with van der Waals surface area (Å²) >= 11 is 0. The molecule has 1 unspecified atom stereocenters. The van der Waals surface area contributed by atoms with Crippen LogP contribution in [0.3, 0.4) is 0 Å². The van der Waals surface area contributed by atoms with E-state index in [4.69, 9.17) is 10.5 Å². The first-order valence-corrected chi connectivity index (χ1v) is 6.55. The van der Waals surface area contributed by atoms with Crippen molar-refractivity contribution >= 4 is 17.6 Å². The number of aliphatic hydroxyl groups is 1. The van der Waals surface area contributed by atoms with Gasteiger partial charge in [-0.05, 0) is 23.8 Å². The van der Waals surface area contributed by atoms with Crippen molar-refractivity contribution in [3.05, 3.63) is 29.3 Å². The lowest BCUT2D eigenvalue weighted by molar-refractivity contribution is -0.133. The Bertz CT molecular complexity index is 634. The van der Waals surface area contributed by atoms with E-state index >= 15 is 0 Å². The predicted molar refractivity (Wildman–Crippen MR) is 70.2 cm³/mol. The third-order valence-corrected chi connectivity index (χ3v) is 3.67. The van der Waals surface area contributed by atoms with E-state index in [0.29, 0.717) is 29.7 Å². The van der Waals surface area contributed by atoms with Crippen molar-refractivity contribution in [2.45, 2.75) is 31.7 Å². The van der Waals surface area contributed by atoms with Crippen LogP contribution >= 0.6 is 0 Å². The molecule has 3 rings (SSSR count). The monoisotopic (exact) mass is 290 g/mol. The summed E-state index contributed by atoms with van der Waals surface area (Å²) in [6.07, 6.45) is -0.941. The van der Waals surface area contributed by atoms with Crippen molar-refractivity contribution in [3.8, 4) is 5.75 Å². The number of primary amides is 1. The Hall–Kier alpha value is -2.41. The molecule has 1 aromatic rings. The average Bonchev–Trinajstić information content (AvgIpc) is 2.73. The van der Waals surface area contributed by atoms with Gasteiger partial charge in [-0.1, -0.05) is 0 Å². The van der Waals surface area contributed by atoms with Gasteiger partial charge in [-0.15, -0.1) is 0 Å². The Morgan fingerprint density at radius 1 is 1.38 bits per heavy atom. The Labute approximate surface area is 120 Å². The molecule has 1 heterocycles. The number of Topliss-reactive ketones (excluding diaryl/α,β-unsaturated/α-hetero) is 1. The van der Waals surface area contributed by atoms with E-state index in [1.165, 1.54) is 0 Å². The molecule has 1 aromatic carbocycles. The number of hydrogen-bond donors (Lipinski definition) is 2. The van der Waals surface area contributed by atoms with Crippen LogP contribution in [0.15, 0.2) is 18.2 Å². The van der Waals surface area contributed by atoms with Crippen LogP contribution in [0.5, 0.6) is 5.75 Å². The number of ether oxygens (including phenoxy) is 1. The highest BCUT2D eigenvalue weighted by Gasteiger charge is 2.35. The molecule has 0 spiro atoms. The van der Waals surface area contributed by atoms with E-state index in [9.17, 15) is 19.5 Å². The van der Waals surface area contributed by atoms with Crippen molar-refractivity contribution in [2.75, 3.05) is 0 Å². The third-order valence-electron chi connectivity index (χ3n) is 3.67. The second-order valence-corrected chi connectivity index (χ2v) is 5.21. The Morgan fingerprint density at radius 2 is 2.10 bits per heavy atom. The number of ketones is 1. The highest BCUT2D eigenvalue weighted by Crippen LogP contribution is 2.30. The maximum Gasteiger partial charge on any atom is 0.267 e. The third kappa shape index (κ3) is 2.36. The molecule has 1 saturated carbocycles. The van der Waals surface area contributed by atoms with Gasteiger partial charge < -0.3 is 20.5 Å². The van der Waals surface area contributed by atoms with Gasteiger partial charge in [-0.3, -0.25) is 14.4 Å². The molecule has 1 atom stereocenters. The average molecular weight is 290 g/mol. The fourth-order valence-corrected chi connectivity index (χ4v) is 2.47. The Balaban J connectivity index is 1.76. The van der Waals surface area contributed by atoms with Crippen molar-refractivity contribution in [1.82, 2.24) is 4.90 Å². The van der Waals surface area contributed by atoms with Crippen LogP contribution in [0.2, 0.25) is 0 Å². The lowest BCUT2D eigenvalue weighted by Crippen LogP contribution is -2.44. The van der Waals surface area contributed by atoms with E-state index < -0.39 is 18.0 Å². The van der Waals surface area contributed by atoms with Crippen molar-refractivity contribution in [2.24, 2.45) is 5.73 Å². The quantitative estimate of drug-likeness (QED) is 0.781. The van der Waals surface area contributed by atoms with Gasteiger partial charge in [-0.25, -0.2) is 0 Å². The molecule has 0 radical (unpaired) electrons. The number of benzene rings is 1. The summed E-state index contributed by atoms with van der Waals surface area (Å²) in [6, 6.07) is 4.91. The number of carbonyl (C=O) groups excluding carboxylic acids is 3. The fourth-order valence-electron chi connectivity index (χ4n) is 2.47. The first-order valence-electron chi connectivity index (χ1n) is 6.55. The first-order chi connectivity index (χ1) is 9.95. The Kier molecular flexibility index (Phi) is 3.13. The second kappa shape index (κ2) is 4.85. The first kappa shape index (κ1) is 13.6. The van der Waals surface area contributed by atoms with E-state index in [2.05, 4.69) is 0 Å². The number of hydrogen-bond acceptors (Lipinski definition) is 5. The smallest absolute Gasteiger partial charge is 0.267 e. The minimum atomic E-state index is -1.64. The van der Waals surface area contributed by atoms with Crippen LogP contribution < -0.4 is 10.5 Å². The number of fused-ring (bicyclic) bond motifs is 1. The summed E-state index contributed by atoms with van der Waals surface area (Å²) in [5.41, 5.74) is 6.07. The van der Waals surface area contributed by atoms with Gasteiger partial charge in [0.1, 0.15) is 17.6 Å². The lowest BCUT2D eigenvalue weighted by atomic mass is 9.94. The van der Waals surface area contributed by atoms with Gasteiger partial charge in [0.25, 0.3) is 11.8 Å². The summed E-state index contributed by atoms with van der Waals surface area (Å²) in [6.45, 7) is 0.0963. The fraction of sp³-hybridized carbons (Fsp3) is 0.357. The minimum Gasteiger partial charge on any atom is -0.490 e. The van der Waals surface area contributed by atoms with Gasteiger partial charge in [-0.2, -0.15) is 0 Å². The summed E-state index contributed by atoms with van der Waals surface area (Å²) in [7, 11) is 0. The highest BCUT2D eigenvalue weighted by molar-refractivity contribution is 6.00. The normalized spacial score (nSPS) is 19.2. The standard InChI is InChI=1S/C14H14N2O5/c15-12(18)14(20)16-6-7-3-9(1-2-11(7)13(16)19)21-10-4-8(17)5-10/h1-3,10,14,20H,4-6H2,(H2,15,18). The van der Waals surface area contributed by atoms with Crippen LogP contribution in [0.4, 0.5) is 0 Å². The molecule has 2 aliphatic rings. The van der Waals surface area contributed by atoms with Crippen molar-refractivity contribution in [3.63, 3.8) is 0 Å². The number of carbonyl (C=O) groups is 3. The summed E-state index contributed by atoms with van der Waals surface area (Å²) < 4.78 is 5.62. The van der Waals surface area contributed by atoms with Crippen LogP contribution in [0.1, 0.15) is 28.8 Å². The topological polar surface area (TPSA) is 110 Å². The number of nitrogens with two attached hydrogens (primary N) is 1. The van der Waals surface area contributed by atoms with Gasteiger partial charge in [0.2, 0.25) is 6.23 Å². The maximum absolute atomic E-state index is 12.1. The molecule has 3 N–H and O–H groups in total. The van der Waals surface area contributed by atoms with E-state index in [-0.39, 0.29) is 18.4 Å². The molecule has 110 valence electrons. The highest BCUT2D eigenvalue weighted by atomic mass is 16.5. The number of amides is 2. The molecule has 1 fully saturated rings. The second-order valence-electron chi connectivity index (χ2n) is 5.21. The predicted octanol–water partition coefficient (Wildman–Crippen LogP) is -0.444. The molecule has 21 heavy (non-hydrogen) atoms. The van der Waals surface area contributed by atoms with Crippen molar-refractivity contribution < 1.29 is 24.2 Å². The van der Waals surface area contributed by atoms with Crippen LogP contribution in [0.25, 0.3) is 0 Å². The zero-order valence-electron chi connectivity index (χ0n) is 11.1. The summed E-state index contributed by atoms with van der Waals surface area (Å²) in [5, 5.41) is 9.62. The molecular formula is C14H14N2O5. The van der Waals surface area contributed by atoms with E-state index in [1.54, 1.807) is 18.2 Å². The SMILES string of the molecule is NC(=O)C(O)N1Cc2cc(OC3CC(=O)C3)ccc2C1=O. The molecule has 0 saturated heterocycles. The molecule has 0 bridgehead atoms. The zero-order chi connectivity index (χ0) is 15.1. The lowest BCUT2D eigenvalue weighted by Gasteiger charge is -2.25. The number of aliphatic hydroxyl groups excluding tert-OH is 1. The Morgan fingerprint density at radius 3 is 2.71 bits per heavy atom. The number of nitrogens with zero attached hydrogens (tertiary/aromatic N) is 1. The number of rotatable bonds is 4. The molecule has 7 nitrogen and oxygen atoms in total. The van der Waals surface area contributed by atoms with E-state index in [0.717, 1.165) is 4.90 Å². The van der Waals surface area contributed by atoms with Crippen LogP contribution in [-0.4, -0.2) is 39.9 Å². The summed E-state index contributed by atoms with van der Waals surface area (Å²) in [4.78, 5) is 35.0. The van der Waals surface area contributed by atoms with Crippen LogP contribution in [0, 0.1) is 0 Å². The molecule has 1 aliphatic carbocycles. The largest absolute Gasteiger partial charge is 0.490 e. The molecule has 2 amide bonds. The maximum atomic E-state index is 12.1. The van der Waals surface area contributed by atoms with Gasteiger partial charge in [0, 0.05) is 24.9 Å². The van der Waals surface area contributed by atoms with Crippen LogP contribution in [-0.2, 0) is 16.1 Å².